The standard InChI is InChI=1S/C16H19BN2O7/c1-11(18-16(23)24-10-12-6-4-3-5-7-12)15(22)17-25-13(20)8-19(2)9-14(21)26-17/h3-7,11H,8-10H2,1-2H3,(H,18,23)/t11-/m0/s1. The van der Waals surface area contributed by atoms with Gasteiger partial charge in [0.15, 0.2) is 0 Å². The van der Waals surface area contributed by atoms with Crippen LogP contribution < -0.4 is 5.32 Å². The van der Waals surface area contributed by atoms with Crippen LogP contribution in [-0.2, 0) is 35.0 Å². The van der Waals surface area contributed by atoms with Crippen LogP contribution in [0.4, 0.5) is 4.79 Å². The monoisotopic (exact) mass is 362 g/mol. The van der Waals surface area contributed by atoms with E-state index in [9.17, 15) is 19.2 Å². The third kappa shape index (κ3) is 5.89. The molecule has 0 bridgehead atoms. The lowest BCUT2D eigenvalue weighted by molar-refractivity contribution is -0.147. The van der Waals surface area contributed by atoms with Gasteiger partial charge in [0.05, 0.1) is 19.1 Å². The number of ether oxygens (including phenoxy) is 1. The van der Waals surface area contributed by atoms with Crippen molar-refractivity contribution in [2.24, 2.45) is 0 Å². The van der Waals surface area contributed by atoms with E-state index in [2.05, 4.69) is 5.32 Å². The second-order valence-electron chi connectivity index (χ2n) is 5.81. The molecule has 0 radical (unpaired) electrons. The van der Waals surface area contributed by atoms with Gasteiger partial charge in [-0.3, -0.25) is 19.3 Å². The Labute approximate surface area is 150 Å². The minimum atomic E-state index is -1.70. The molecule has 1 amide bonds. The van der Waals surface area contributed by atoms with E-state index < -0.39 is 36.9 Å². The summed E-state index contributed by atoms with van der Waals surface area (Å²) in [7, 11) is -0.162. The number of hydrogen-bond acceptors (Lipinski definition) is 8. The second-order valence-corrected chi connectivity index (χ2v) is 5.81. The summed E-state index contributed by atoms with van der Waals surface area (Å²) >= 11 is 0. The SMILES string of the molecule is C[C@H](NC(=O)OCc1ccccc1)C(=O)B1OC(=O)CN(C)CC(=O)O1. The maximum Gasteiger partial charge on any atom is 0.677 e. The van der Waals surface area contributed by atoms with Gasteiger partial charge in [-0.05, 0) is 19.5 Å². The molecular formula is C16H19BN2O7. The summed E-state index contributed by atoms with van der Waals surface area (Å²) in [5.41, 5.74) is 0.0153. The van der Waals surface area contributed by atoms with Crippen LogP contribution >= 0.6 is 0 Å². The van der Waals surface area contributed by atoms with Crippen molar-refractivity contribution >= 4 is 30.8 Å². The summed E-state index contributed by atoms with van der Waals surface area (Å²) < 4.78 is 14.7. The fraction of sp³-hybridized carbons (Fsp3) is 0.375. The lowest BCUT2D eigenvalue weighted by Gasteiger charge is -2.23. The molecule has 0 spiro atoms. The molecule has 1 N–H and O–H groups in total. The van der Waals surface area contributed by atoms with Gasteiger partial charge in [-0.1, -0.05) is 30.3 Å². The van der Waals surface area contributed by atoms with Crippen molar-refractivity contribution in [2.45, 2.75) is 19.6 Å². The number of carbonyl (C=O) groups excluding carboxylic acids is 4. The number of nitrogens with zero attached hydrogens (tertiary/aromatic N) is 1. The molecule has 1 fully saturated rings. The van der Waals surface area contributed by atoms with Gasteiger partial charge < -0.3 is 19.4 Å². The normalized spacial score (nSPS) is 16.6. The summed E-state index contributed by atoms with van der Waals surface area (Å²) in [6, 6.07) is 7.92. The summed E-state index contributed by atoms with van der Waals surface area (Å²) in [5, 5.41) is 2.32. The average molecular weight is 362 g/mol. The summed E-state index contributed by atoms with van der Waals surface area (Å²) in [6.07, 6.45) is -0.821. The van der Waals surface area contributed by atoms with Crippen LogP contribution in [0.25, 0.3) is 0 Å². The summed E-state index contributed by atoms with van der Waals surface area (Å²) in [4.78, 5) is 48.8. The van der Waals surface area contributed by atoms with Gasteiger partial charge in [-0.15, -0.1) is 0 Å². The van der Waals surface area contributed by atoms with Crippen molar-refractivity contribution in [1.82, 2.24) is 10.2 Å². The fourth-order valence-corrected chi connectivity index (χ4v) is 2.17. The molecule has 0 saturated carbocycles. The maximum absolute atomic E-state index is 12.3. The molecule has 2 rings (SSSR count). The highest BCUT2D eigenvalue weighted by Crippen LogP contribution is 2.05. The Hall–Kier alpha value is -2.88. The van der Waals surface area contributed by atoms with Crippen molar-refractivity contribution in [3.05, 3.63) is 35.9 Å². The van der Waals surface area contributed by atoms with E-state index >= 15 is 0 Å². The Balaban J connectivity index is 1.87. The quantitative estimate of drug-likeness (QED) is 0.725. The van der Waals surface area contributed by atoms with Crippen LogP contribution in [0.15, 0.2) is 30.3 Å². The number of benzene rings is 1. The molecule has 1 aromatic carbocycles. The number of carbonyl (C=O) groups is 4. The van der Waals surface area contributed by atoms with Crippen LogP contribution in [0.1, 0.15) is 12.5 Å². The van der Waals surface area contributed by atoms with E-state index in [0.717, 1.165) is 5.56 Å². The minimum absolute atomic E-state index is 0.0350. The van der Waals surface area contributed by atoms with Gasteiger partial charge in [-0.25, -0.2) is 4.79 Å². The third-order valence-corrected chi connectivity index (χ3v) is 3.48. The lowest BCUT2D eigenvalue weighted by Crippen LogP contribution is -2.52. The average Bonchev–Trinajstić information content (AvgIpc) is 2.58. The van der Waals surface area contributed by atoms with Crippen LogP contribution in [0.2, 0.25) is 0 Å². The first kappa shape index (κ1) is 19.4. The van der Waals surface area contributed by atoms with E-state index in [0.29, 0.717) is 0 Å². The second kappa shape index (κ2) is 9.00. The number of likely N-dealkylation sites (N-methyl/N-ethyl adjacent to an activating group) is 1. The molecule has 1 aromatic rings. The molecular weight excluding hydrogens is 343 g/mol. The Morgan fingerprint density at radius 2 is 1.77 bits per heavy atom. The van der Waals surface area contributed by atoms with E-state index in [1.807, 2.05) is 6.07 Å². The number of nitrogens with one attached hydrogen (secondary N) is 1. The Morgan fingerprint density at radius 3 is 2.35 bits per heavy atom. The van der Waals surface area contributed by atoms with E-state index in [1.54, 1.807) is 24.3 Å². The van der Waals surface area contributed by atoms with Crippen LogP contribution in [0.5, 0.6) is 0 Å². The number of alkyl carbamates (subject to hydrolysis) is 1. The van der Waals surface area contributed by atoms with Gasteiger partial charge in [-0.2, -0.15) is 0 Å². The Bertz CT molecular complexity index is 662. The Morgan fingerprint density at radius 1 is 1.19 bits per heavy atom. The fourth-order valence-electron chi connectivity index (χ4n) is 2.17. The van der Waals surface area contributed by atoms with Gasteiger partial charge in [0.2, 0.25) is 5.68 Å². The molecule has 0 aliphatic carbocycles. The van der Waals surface area contributed by atoms with Crippen molar-refractivity contribution in [3.8, 4) is 0 Å². The van der Waals surface area contributed by atoms with Gasteiger partial charge >= 0.3 is 25.2 Å². The van der Waals surface area contributed by atoms with Gasteiger partial charge in [0, 0.05) is 0 Å². The van der Waals surface area contributed by atoms with E-state index in [1.165, 1.54) is 18.9 Å². The first-order chi connectivity index (χ1) is 12.3. The van der Waals surface area contributed by atoms with Crippen LogP contribution in [-0.4, -0.2) is 61.9 Å². The van der Waals surface area contributed by atoms with Gasteiger partial charge in [0.1, 0.15) is 6.61 Å². The van der Waals surface area contributed by atoms with Crippen LogP contribution in [0, 0.1) is 0 Å². The van der Waals surface area contributed by atoms with Gasteiger partial charge in [0.25, 0.3) is 0 Å². The molecule has 138 valence electrons. The van der Waals surface area contributed by atoms with Crippen LogP contribution in [0.3, 0.4) is 0 Å². The zero-order valence-electron chi connectivity index (χ0n) is 14.5. The zero-order valence-corrected chi connectivity index (χ0v) is 14.5. The topological polar surface area (TPSA) is 111 Å². The summed E-state index contributed by atoms with van der Waals surface area (Å²) in [5.74, 6) is -1.42. The molecule has 1 aliphatic heterocycles. The maximum atomic E-state index is 12.3. The Kier molecular flexibility index (Phi) is 6.73. The molecule has 1 atom stereocenters. The summed E-state index contributed by atoms with van der Waals surface area (Å²) in [6.45, 7) is 1.10. The molecule has 9 nitrogen and oxygen atoms in total. The number of rotatable bonds is 5. The number of amides is 1. The predicted octanol–water partition coefficient (Wildman–Crippen LogP) is -0.0704. The molecule has 0 aromatic heterocycles. The van der Waals surface area contributed by atoms with E-state index in [4.69, 9.17) is 14.0 Å². The molecule has 26 heavy (non-hydrogen) atoms. The molecule has 0 unspecified atom stereocenters. The van der Waals surface area contributed by atoms with Crippen molar-refractivity contribution in [2.75, 3.05) is 20.1 Å². The molecule has 1 heterocycles. The largest absolute Gasteiger partial charge is 0.677 e. The minimum Gasteiger partial charge on any atom is -0.492 e. The van der Waals surface area contributed by atoms with Crippen molar-refractivity contribution in [1.29, 1.82) is 0 Å². The predicted molar refractivity (Wildman–Crippen MR) is 89.7 cm³/mol. The van der Waals surface area contributed by atoms with E-state index in [-0.39, 0.29) is 19.7 Å². The smallest absolute Gasteiger partial charge is 0.492 e. The molecule has 1 aliphatic rings. The highest BCUT2D eigenvalue weighted by Gasteiger charge is 2.42. The first-order valence-corrected chi connectivity index (χ1v) is 7.93. The molecule has 10 heteroatoms. The lowest BCUT2D eigenvalue weighted by atomic mass is 9.78. The van der Waals surface area contributed by atoms with Crippen molar-refractivity contribution in [3.63, 3.8) is 0 Å². The molecule has 1 saturated heterocycles. The van der Waals surface area contributed by atoms with Crippen molar-refractivity contribution < 1.29 is 33.2 Å². The number of hydrogen-bond donors (Lipinski definition) is 1. The first-order valence-electron chi connectivity index (χ1n) is 7.93. The zero-order chi connectivity index (χ0) is 19.1. The highest BCUT2D eigenvalue weighted by atomic mass is 16.6. The highest BCUT2D eigenvalue weighted by molar-refractivity contribution is 6.83. The third-order valence-electron chi connectivity index (χ3n) is 3.48.